The monoisotopic (exact) mass is 235 g/mol. The van der Waals surface area contributed by atoms with Crippen molar-refractivity contribution in [1.29, 1.82) is 0 Å². The Morgan fingerprint density at radius 2 is 2.06 bits per heavy atom. The normalized spacial score (nSPS) is 18.9. The van der Waals surface area contributed by atoms with E-state index in [0.29, 0.717) is 6.54 Å². The third-order valence-electron chi connectivity index (χ3n) is 3.70. The van der Waals surface area contributed by atoms with Crippen LogP contribution in [0, 0.1) is 10.1 Å². The minimum Gasteiger partial charge on any atom is -0.330 e. The van der Waals surface area contributed by atoms with Crippen molar-refractivity contribution in [1.82, 2.24) is 4.98 Å². The van der Waals surface area contributed by atoms with Gasteiger partial charge in [0.25, 0.3) is 5.69 Å². The van der Waals surface area contributed by atoms with Crippen LogP contribution in [0.4, 0.5) is 5.69 Å². The Hall–Kier alpha value is -1.49. The molecule has 1 heterocycles. The largest absolute Gasteiger partial charge is 0.330 e. The van der Waals surface area contributed by atoms with Crippen LogP contribution in [0.15, 0.2) is 18.3 Å². The molecule has 1 saturated carbocycles. The van der Waals surface area contributed by atoms with Gasteiger partial charge in [-0.05, 0) is 18.9 Å². The highest BCUT2D eigenvalue weighted by Crippen LogP contribution is 2.37. The molecule has 1 aromatic heterocycles. The first-order valence-electron chi connectivity index (χ1n) is 5.99. The minimum atomic E-state index is -0.424. The van der Waals surface area contributed by atoms with Gasteiger partial charge in [-0.25, -0.2) is 0 Å². The van der Waals surface area contributed by atoms with Crippen LogP contribution in [0.5, 0.6) is 0 Å². The number of rotatable bonds is 3. The zero-order chi connectivity index (χ0) is 12.3. The maximum absolute atomic E-state index is 10.6. The van der Waals surface area contributed by atoms with Gasteiger partial charge < -0.3 is 5.73 Å². The second-order valence-electron chi connectivity index (χ2n) is 4.70. The van der Waals surface area contributed by atoms with Crippen LogP contribution < -0.4 is 5.73 Å². The number of aromatic nitrogens is 1. The van der Waals surface area contributed by atoms with Crippen molar-refractivity contribution in [2.75, 3.05) is 6.54 Å². The molecule has 0 radical (unpaired) electrons. The quantitative estimate of drug-likeness (QED) is 0.642. The molecule has 1 fully saturated rings. The molecule has 2 N–H and O–H groups in total. The summed E-state index contributed by atoms with van der Waals surface area (Å²) >= 11 is 0. The van der Waals surface area contributed by atoms with E-state index in [1.165, 1.54) is 18.7 Å². The van der Waals surface area contributed by atoms with Gasteiger partial charge in [-0.3, -0.25) is 15.1 Å². The van der Waals surface area contributed by atoms with E-state index in [2.05, 4.69) is 4.98 Å². The number of nitrogens with zero attached hydrogens (tertiary/aromatic N) is 2. The molecular formula is C12H17N3O2. The van der Waals surface area contributed by atoms with E-state index in [9.17, 15) is 10.1 Å². The highest BCUT2D eigenvalue weighted by molar-refractivity contribution is 5.30. The highest BCUT2D eigenvalue weighted by Gasteiger charge is 2.33. The van der Waals surface area contributed by atoms with Gasteiger partial charge in [0.05, 0.1) is 4.92 Å². The molecule has 1 aromatic rings. The maximum atomic E-state index is 10.6. The van der Waals surface area contributed by atoms with Crippen LogP contribution >= 0.6 is 0 Å². The Bertz CT molecular complexity index is 397. The molecule has 92 valence electrons. The summed E-state index contributed by atoms with van der Waals surface area (Å²) in [5.74, 6) is 0. The Balaban J connectivity index is 2.27. The van der Waals surface area contributed by atoms with Crippen LogP contribution in [0.3, 0.4) is 0 Å². The smallest absolute Gasteiger partial charge is 0.287 e. The lowest BCUT2D eigenvalue weighted by Gasteiger charge is -2.35. The molecule has 0 aromatic carbocycles. The van der Waals surface area contributed by atoms with Crippen LogP contribution in [0.2, 0.25) is 0 Å². The average molecular weight is 235 g/mol. The van der Waals surface area contributed by atoms with Gasteiger partial charge in [-0.1, -0.05) is 19.3 Å². The molecule has 0 spiro atoms. The van der Waals surface area contributed by atoms with Crippen molar-refractivity contribution in [2.45, 2.75) is 37.5 Å². The summed E-state index contributed by atoms with van der Waals surface area (Å²) in [6.07, 6.45) is 6.98. The number of nitrogens with two attached hydrogens (primary N) is 1. The fourth-order valence-electron chi connectivity index (χ4n) is 2.60. The fourth-order valence-corrected chi connectivity index (χ4v) is 2.60. The van der Waals surface area contributed by atoms with E-state index in [-0.39, 0.29) is 11.1 Å². The number of hydrogen-bond donors (Lipinski definition) is 1. The highest BCUT2D eigenvalue weighted by atomic mass is 16.6. The number of hydrogen-bond acceptors (Lipinski definition) is 4. The van der Waals surface area contributed by atoms with Gasteiger partial charge in [0.2, 0.25) is 0 Å². The lowest BCUT2D eigenvalue weighted by molar-refractivity contribution is -0.385. The van der Waals surface area contributed by atoms with Crippen molar-refractivity contribution in [2.24, 2.45) is 5.73 Å². The van der Waals surface area contributed by atoms with E-state index in [0.717, 1.165) is 31.4 Å². The van der Waals surface area contributed by atoms with Crippen molar-refractivity contribution in [3.63, 3.8) is 0 Å². The molecular weight excluding hydrogens is 218 g/mol. The fraction of sp³-hybridized carbons (Fsp3) is 0.583. The van der Waals surface area contributed by atoms with Gasteiger partial charge in [0, 0.05) is 23.7 Å². The number of pyridine rings is 1. The lowest BCUT2D eigenvalue weighted by atomic mass is 9.71. The van der Waals surface area contributed by atoms with Crippen LogP contribution in [-0.2, 0) is 5.41 Å². The molecule has 17 heavy (non-hydrogen) atoms. The molecule has 0 aliphatic heterocycles. The molecule has 0 unspecified atom stereocenters. The average Bonchev–Trinajstić information content (AvgIpc) is 2.39. The number of nitro groups is 1. The summed E-state index contributed by atoms with van der Waals surface area (Å²) < 4.78 is 0. The van der Waals surface area contributed by atoms with Gasteiger partial charge >= 0.3 is 0 Å². The SMILES string of the molecule is NCC1(c2ccc([N+](=O)[O-])cn2)CCCCC1. The second-order valence-corrected chi connectivity index (χ2v) is 4.70. The second kappa shape index (κ2) is 4.79. The Labute approximate surface area is 100 Å². The summed E-state index contributed by atoms with van der Waals surface area (Å²) in [4.78, 5) is 14.4. The van der Waals surface area contributed by atoms with Gasteiger partial charge in [0.1, 0.15) is 6.20 Å². The minimum absolute atomic E-state index is 0.0386. The predicted octanol–water partition coefficient (Wildman–Crippen LogP) is 2.15. The summed E-state index contributed by atoms with van der Waals surface area (Å²) in [6, 6.07) is 3.28. The molecule has 1 aliphatic rings. The molecule has 1 aliphatic carbocycles. The lowest BCUT2D eigenvalue weighted by Crippen LogP contribution is -2.37. The predicted molar refractivity (Wildman–Crippen MR) is 64.7 cm³/mol. The van der Waals surface area contributed by atoms with E-state index >= 15 is 0 Å². The first-order chi connectivity index (χ1) is 8.18. The molecule has 2 rings (SSSR count). The van der Waals surface area contributed by atoms with E-state index in [4.69, 9.17) is 5.73 Å². The van der Waals surface area contributed by atoms with E-state index in [1.807, 2.05) is 0 Å². The van der Waals surface area contributed by atoms with Crippen LogP contribution in [0.25, 0.3) is 0 Å². The first-order valence-corrected chi connectivity index (χ1v) is 5.99. The summed E-state index contributed by atoms with van der Waals surface area (Å²) in [7, 11) is 0. The molecule has 0 bridgehead atoms. The van der Waals surface area contributed by atoms with Crippen LogP contribution in [-0.4, -0.2) is 16.5 Å². The van der Waals surface area contributed by atoms with Gasteiger partial charge in [-0.15, -0.1) is 0 Å². The zero-order valence-corrected chi connectivity index (χ0v) is 9.76. The third kappa shape index (κ3) is 2.29. The molecule has 0 atom stereocenters. The Kier molecular flexibility index (Phi) is 3.38. The van der Waals surface area contributed by atoms with Crippen molar-refractivity contribution in [3.8, 4) is 0 Å². The summed E-state index contributed by atoms with van der Waals surface area (Å²) in [5, 5.41) is 10.6. The summed E-state index contributed by atoms with van der Waals surface area (Å²) in [6.45, 7) is 0.567. The van der Waals surface area contributed by atoms with Gasteiger partial charge in [0.15, 0.2) is 0 Å². The molecule has 5 nitrogen and oxygen atoms in total. The first kappa shape index (κ1) is 12.0. The van der Waals surface area contributed by atoms with E-state index in [1.54, 1.807) is 6.07 Å². The van der Waals surface area contributed by atoms with Crippen molar-refractivity contribution >= 4 is 5.69 Å². The van der Waals surface area contributed by atoms with Crippen molar-refractivity contribution < 1.29 is 4.92 Å². The molecule has 0 amide bonds. The summed E-state index contributed by atoms with van der Waals surface area (Å²) in [5.41, 5.74) is 6.78. The maximum Gasteiger partial charge on any atom is 0.287 e. The Morgan fingerprint density at radius 1 is 1.35 bits per heavy atom. The van der Waals surface area contributed by atoms with Gasteiger partial charge in [-0.2, -0.15) is 0 Å². The Morgan fingerprint density at radius 3 is 2.53 bits per heavy atom. The zero-order valence-electron chi connectivity index (χ0n) is 9.76. The third-order valence-corrected chi connectivity index (χ3v) is 3.70. The van der Waals surface area contributed by atoms with E-state index < -0.39 is 4.92 Å². The molecule has 5 heteroatoms. The topological polar surface area (TPSA) is 82.0 Å². The van der Waals surface area contributed by atoms with Crippen molar-refractivity contribution in [3.05, 3.63) is 34.1 Å². The molecule has 0 saturated heterocycles. The standard InChI is InChI=1S/C12H17N3O2/c13-9-12(6-2-1-3-7-12)11-5-4-10(8-14-11)15(16)17/h4-5,8H,1-3,6-7,9,13H2. The van der Waals surface area contributed by atoms with Crippen LogP contribution in [0.1, 0.15) is 37.8 Å².